The molecule has 0 atom stereocenters. The highest BCUT2D eigenvalue weighted by Crippen LogP contribution is 2.24. The molecule has 0 aliphatic carbocycles. The van der Waals surface area contributed by atoms with Gasteiger partial charge in [0.05, 0.1) is 16.3 Å². The Labute approximate surface area is 147 Å². The first kappa shape index (κ1) is 16.7. The maximum Gasteiger partial charge on any atom is 0.338 e. The maximum atomic E-state index is 12.0. The van der Waals surface area contributed by atoms with Crippen LogP contribution in [0.2, 0.25) is 0 Å². The first-order valence-corrected chi connectivity index (χ1v) is 9.07. The van der Waals surface area contributed by atoms with Crippen LogP contribution in [0.3, 0.4) is 0 Å². The quantitative estimate of drug-likeness (QED) is 0.488. The van der Waals surface area contributed by atoms with Gasteiger partial charge in [-0.2, -0.15) is 4.98 Å². The van der Waals surface area contributed by atoms with Gasteiger partial charge in [0.15, 0.2) is 12.4 Å². The highest BCUT2D eigenvalue weighted by atomic mass is 32.2. The van der Waals surface area contributed by atoms with Gasteiger partial charge in [-0.05, 0) is 38.1 Å². The Hall–Kier alpha value is -2.19. The van der Waals surface area contributed by atoms with E-state index in [1.807, 2.05) is 19.1 Å². The topological polar surface area (TPSA) is 78.1 Å². The zero-order valence-corrected chi connectivity index (χ0v) is 14.8. The largest absolute Gasteiger partial charge is 0.452 e. The molecular formula is C16H15N3O3S2. The molecule has 3 aromatic rings. The fraction of sp³-hybridized carbons (Fsp3) is 0.250. The average Bonchev–Trinajstić information content (AvgIpc) is 3.19. The minimum absolute atomic E-state index is 0.0284. The molecule has 6 nitrogen and oxygen atoms in total. The van der Waals surface area contributed by atoms with E-state index in [9.17, 15) is 4.79 Å². The van der Waals surface area contributed by atoms with E-state index in [0.717, 1.165) is 21.3 Å². The second kappa shape index (κ2) is 7.59. The smallest absolute Gasteiger partial charge is 0.338 e. The normalized spacial score (nSPS) is 10.8. The van der Waals surface area contributed by atoms with Crippen molar-refractivity contribution in [3.63, 3.8) is 0 Å². The Kier molecular flexibility index (Phi) is 5.27. The van der Waals surface area contributed by atoms with Crippen molar-refractivity contribution < 1.29 is 14.1 Å². The summed E-state index contributed by atoms with van der Waals surface area (Å²) in [4.78, 5) is 21.5. The van der Waals surface area contributed by atoms with Gasteiger partial charge >= 0.3 is 5.97 Å². The molecule has 0 spiro atoms. The molecule has 0 amide bonds. The van der Waals surface area contributed by atoms with E-state index >= 15 is 0 Å². The molecule has 0 radical (unpaired) electrons. The van der Waals surface area contributed by atoms with Gasteiger partial charge in [0.25, 0.3) is 5.89 Å². The van der Waals surface area contributed by atoms with Gasteiger partial charge in [-0.25, -0.2) is 9.78 Å². The van der Waals surface area contributed by atoms with Crippen LogP contribution in [0, 0.1) is 13.8 Å². The molecule has 3 rings (SSSR count). The number of nitrogens with zero attached hydrogens (tertiary/aromatic N) is 3. The predicted molar refractivity (Wildman–Crippen MR) is 91.0 cm³/mol. The van der Waals surface area contributed by atoms with Crippen LogP contribution in [0.25, 0.3) is 0 Å². The predicted octanol–water partition coefficient (Wildman–Crippen LogP) is 3.79. The molecule has 0 fully saturated rings. The van der Waals surface area contributed by atoms with Crippen molar-refractivity contribution in [3.8, 4) is 0 Å². The van der Waals surface area contributed by atoms with E-state index in [2.05, 4.69) is 20.5 Å². The minimum atomic E-state index is -0.419. The summed E-state index contributed by atoms with van der Waals surface area (Å²) < 4.78 is 10.0. The SMILES string of the molecule is Cc1noc(COC(=O)c2ccc(SCc3csc(C)n3)cc2)n1. The lowest BCUT2D eigenvalue weighted by atomic mass is 10.2. The van der Waals surface area contributed by atoms with Gasteiger partial charge in [0.2, 0.25) is 0 Å². The van der Waals surface area contributed by atoms with Gasteiger partial charge in [-0.3, -0.25) is 0 Å². The molecule has 0 N–H and O–H groups in total. The third-order valence-electron chi connectivity index (χ3n) is 3.04. The van der Waals surface area contributed by atoms with Crippen molar-refractivity contribution in [2.24, 2.45) is 0 Å². The molecular weight excluding hydrogens is 346 g/mol. The van der Waals surface area contributed by atoms with Crippen molar-refractivity contribution in [2.45, 2.75) is 31.1 Å². The van der Waals surface area contributed by atoms with Crippen LogP contribution in [0.5, 0.6) is 0 Å². The van der Waals surface area contributed by atoms with Crippen molar-refractivity contribution >= 4 is 29.1 Å². The van der Waals surface area contributed by atoms with E-state index in [1.54, 1.807) is 42.2 Å². The summed E-state index contributed by atoms with van der Waals surface area (Å²) in [5.74, 6) is 1.19. The average molecular weight is 361 g/mol. The molecule has 0 aliphatic rings. The van der Waals surface area contributed by atoms with Crippen LogP contribution in [0.1, 0.15) is 32.8 Å². The zero-order valence-electron chi connectivity index (χ0n) is 13.2. The summed E-state index contributed by atoms with van der Waals surface area (Å²) >= 11 is 3.33. The molecule has 1 aromatic carbocycles. The van der Waals surface area contributed by atoms with Crippen LogP contribution >= 0.6 is 23.1 Å². The van der Waals surface area contributed by atoms with Gasteiger partial charge in [-0.1, -0.05) is 5.16 Å². The molecule has 0 bridgehead atoms. The van der Waals surface area contributed by atoms with Crippen molar-refractivity contribution in [2.75, 3.05) is 0 Å². The monoisotopic (exact) mass is 361 g/mol. The lowest BCUT2D eigenvalue weighted by Crippen LogP contribution is -2.05. The van der Waals surface area contributed by atoms with E-state index in [4.69, 9.17) is 9.26 Å². The number of benzene rings is 1. The van der Waals surface area contributed by atoms with Crippen LogP contribution in [-0.4, -0.2) is 21.1 Å². The molecule has 124 valence electrons. The Balaban J connectivity index is 1.52. The van der Waals surface area contributed by atoms with Gasteiger partial charge < -0.3 is 9.26 Å². The summed E-state index contributed by atoms with van der Waals surface area (Å²) in [6.07, 6.45) is 0. The Morgan fingerprint density at radius 3 is 2.67 bits per heavy atom. The molecule has 8 heteroatoms. The van der Waals surface area contributed by atoms with E-state index in [1.165, 1.54) is 0 Å². The third-order valence-corrected chi connectivity index (χ3v) is 4.91. The van der Waals surface area contributed by atoms with Gasteiger partial charge in [0.1, 0.15) is 0 Å². The fourth-order valence-electron chi connectivity index (χ4n) is 1.93. The van der Waals surface area contributed by atoms with Crippen LogP contribution in [-0.2, 0) is 17.1 Å². The highest BCUT2D eigenvalue weighted by Gasteiger charge is 2.10. The fourth-order valence-corrected chi connectivity index (χ4v) is 3.44. The highest BCUT2D eigenvalue weighted by molar-refractivity contribution is 7.98. The lowest BCUT2D eigenvalue weighted by Gasteiger charge is -2.04. The number of aromatic nitrogens is 3. The van der Waals surface area contributed by atoms with E-state index in [0.29, 0.717) is 11.4 Å². The Bertz CT molecular complexity index is 827. The standard InChI is InChI=1S/C16H15N3O3S2/c1-10-17-15(22-19-10)7-21-16(20)12-3-5-14(6-4-12)24-9-13-8-23-11(2)18-13/h3-6,8H,7,9H2,1-2H3. The summed E-state index contributed by atoms with van der Waals surface area (Å²) in [6, 6.07) is 7.29. The van der Waals surface area contributed by atoms with Gasteiger partial charge in [0, 0.05) is 16.0 Å². The molecule has 2 aromatic heterocycles. The second-order valence-electron chi connectivity index (χ2n) is 4.98. The zero-order chi connectivity index (χ0) is 16.9. The third kappa shape index (κ3) is 4.42. The second-order valence-corrected chi connectivity index (χ2v) is 7.09. The van der Waals surface area contributed by atoms with Crippen LogP contribution in [0.15, 0.2) is 39.1 Å². The Morgan fingerprint density at radius 2 is 2.04 bits per heavy atom. The number of esters is 1. The number of carbonyl (C=O) groups excluding carboxylic acids is 1. The minimum Gasteiger partial charge on any atom is -0.452 e. The number of carbonyl (C=O) groups is 1. The number of thiazole rings is 1. The summed E-state index contributed by atoms with van der Waals surface area (Å²) in [6.45, 7) is 3.67. The van der Waals surface area contributed by atoms with Crippen molar-refractivity contribution in [1.82, 2.24) is 15.1 Å². The summed E-state index contributed by atoms with van der Waals surface area (Å²) in [5, 5.41) is 6.77. The lowest BCUT2D eigenvalue weighted by molar-refractivity contribution is 0.0429. The number of ether oxygens (including phenoxy) is 1. The molecule has 2 heterocycles. The maximum absolute atomic E-state index is 12.0. The molecule has 0 saturated carbocycles. The van der Waals surface area contributed by atoms with Gasteiger partial charge in [-0.15, -0.1) is 23.1 Å². The van der Waals surface area contributed by atoms with Crippen LogP contribution in [0.4, 0.5) is 0 Å². The molecule has 24 heavy (non-hydrogen) atoms. The van der Waals surface area contributed by atoms with E-state index in [-0.39, 0.29) is 12.5 Å². The first-order chi connectivity index (χ1) is 11.6. The molecule has 0 saturated heterocycles. The number of hydrogen-bond acceptors (Lipinski definition) is 8. The number of hydrogen-bond donors (Lipinski definition) is 0. The van der Waals surface area contributed by atoms with E-state index < -0.39 is 5.97 Å². The molecule has 0 aliphatic heterocycles. The first-order valence-electron chi connectivity index (χ1n) is 7.20. The summed E-state index contributed by atoms with van der Waals surface area (Å²) in [7, 11) is 0. The van der Waals surface area contributed by atoms with Crippen LogP contribution < -0.4 is 0 Å². The number of aryl methyl sites for hydroxylation is 2. The Morgan fingerprint density at radius 1 is 1.25 bits per heavy atom. The number of thioether (sulfide) groups is 1. The number of rotatable bonds is 6. The van der Waals surface area contributed by atoms with Crippen molar-refractivity contribution in [3.05, 3.63) is 57.6 Å². The summed E-state index contributed by atoms with van der Waals surface area (Å²) in [5.41, 5.74) is 1.56. The van der Waals surface area contributed by atoms with Crippen molar-refractivity contribution in [1.29, 1.82) is 0 Å². The molecule has 0 unspecified atom stereocenters.